The number of aryl methyl sites for hydroxylation is 3. The van der Waals surface area contributed by atoms with Crippen LogP contribution in [0.1, 0.15) is 59.2 Å². The first-order valence-corrected chi connectivity index (χ1v) is 14.6. The standard InChI is InChI=1S/C32H34N2O3S/c1-32-14-12-24-23-11-9-22(37-3)16-20(23)6-10-25(24)26(32)17-27-29(32)28-30(38-27)33-18-34(31(28)35)15-13-19-4-7-21(36-2)8-5-19/h4-5,7-9,11,16,18,24-26H,6,10,12-15,17H2,1-3H3/t24-,25-,26-,32-/m0/s1. The fraction of sp³-hybridized carbons (Fsp3) is 0.438. The molecule has 196 valence electrons. The van der Waals surface area contributed by atoms with Gasteiger partial charge in [-0.05, 0) is 108 Å². The van der Waals surface area contributed by atoms with Gasteiger partial charge >= 0.3 is 0 Å². The third-order valence-corrected chi connectivity index (χ3v) is 11.0. The number of rotatable bonds is 5. The van der Waals surface area contributed by atoms with Gasteiger partial charge in [0, 0.05) is 11.4 Å². The number of hydrogen-bond acceptors (Lipinski definition) is 5. The minimum absolute atomic E-state index is 0.0503. The Kier molecular flexibility index (Phi) is 5.66. The van der Waals surface area contributed by atoms with E-state index in [-0.39, 0.29) is 11.0 Å². The molecule has 38 heavy (non-hydrogen) atoms. The lowest BCUT2D eigenvalue weighted by molar-refractivity contribution is 0.106. The van der Waals surface area contributed by atoms with E-state index in [9.17, 15) is 4.79 Å². The lowest BCUT2D eigenvalue weighted by atomic mass is 9.55. The van der Waals surface area contributed by atoms with E-state index in [1.165, 1.54) is 40.0 Å². The molecule has 0 amide bonds. The number of benzene rings is 2. The Morgan fingerprint density at radius 2 is 1.87 bits per heavy atom. The number of methoxy groups -OCH3 is 2. The van der Waals surface area contributed by atoms with Crippen molar-refractivity contribution in [2.45, 2.75) is 63.3 Å². The summed E-state index contributed by atoms with van der Waals surface area (Å²) in [5, 5.41) is 0.895. The Morgan fingerprint density at radius 1 is 1.08 bits per heavy atom. The van der Waals surface area contributed by atoms with E-state index in [2.05, 4.69) is 37.3 Å². The van der Waals surface area contributed by atoms with Crippen molar-refractivity contribution in [2.75, 3.05) is 14.2 Å². The summed E-state index contributed by atoms with van der Waals surface area (Å²) in [5.41, 5.74) is 5.70. The Hall–Kier alpha value is -3.12. The lowest BCUT2D eigenvalue weighted by Gasteiger charge is -2.49. The second-order valence-corrected chi connectivity index (χ2v) is 12.6. The van der Waals surface area contributed by atoms with Crippen molar-refractivity contribution in [2.24, 2.45) is 11.8 Å². The summed E-state index contributed by atoms with van der Waals surface area (Å²) in [7, 11) is 3.43. The van der Waals surface area contributed by atoms with Gasteiger partial charge in [-0.15, -0.1) is 11.3 Å². The molecule has 2 heterocycles. The van der Waals surface area contributed by atoms with Crippen molar-refractivity contribution in [3.8, 4) is 11.5 Å². The third-order valence-electron chi connectivity index (χ3n) is 9.85. The van der Waals surface area contributed by atoms with E-state index in [1.54, 1.807) is 31.9 Å². The Balaban J connectivity index is 1.20. The maximum atomic E-state index is 13.9. The molecule has 0 aliphatic heterocycles. The van der Waals surface area contributed by atoms with E-state index in [0.29, 0.717) is 24.3 Å². The van der Waals surface area contributed by atoms with Crippen molar-refractivity contribution in [3.63, 3.8) is 0 Å². The van der Waals surface area contributed by atoms with Crippen LogP contribution in [0.2, 0.25) is 0 Å². The molecule has 5 nitrogen and oxygen atoms in total. The van der Waals surface area contributed by atoms with Crippen LogP contribution in [0.25, 0.3) is 10.2 Å². The zero-order chi connectivity index (χ0) is 26.0. The van der Waals surface area contributed by atoms with Crippen LogP contribution in [0.15, 0.2) is 53.6 Å². The molecule has 1 fully saturated rings. The van der Waals surface area contributed by atoms with Crippen LogP contribution >= 0.6 is 11.3 Å². The molecular weight excluding hydrogens is 492 g/mol. The molecule has 6 heteroatoms. The van der Waals surface area contributed by atoms with Crippen molar-refractivity contribution in [1.82, 2.24) is 9.55 Å². The normalized spacial score (nSPS) is 25.4. The van der Waals surface area contributed by atoms with Gasteiger partial charge in [-0.25, -0.2) is 4.98 Å². The van der Waals surface area contributed by atoms with Crippen molar-refractivity contribution < 1.29 is 9.47 Å². The second-order valence-electron chi connectivity index (χ2n) is 11.6. The fourth-order valence-electron chi connectivity index (χ4n) is 7.91. The van der Waals surface area contributed by atoms with Crippen LogP contribution in [0.3, 0.4) is 0 Å². The highest BCUT2D eigenvalue weighted by Gasteiger charge is 2.54. The molecule has 3 aliphatic carbocycles. The van der Waals surface area contributed by atoms with Gasteiger partial charge in [-0.3, -0.25) is 9.36 Å². The van der Waals surface area contributed by atoms with Crippen LogP contribution < -0.4 is 15.0 Å². The average molecular weight is 527 g/mol. The lowest BCUT2D eigenvalue weighted by Crippen LogP contribution is -2.43. The topological polar surface area (TPSA) is 53.4 Å². The maximum absolute atomic E-state index is 13.9. The van der Waals surface area contributed by atoms with Crippen LogP contribution in [0.5, 0.6) is 11.5 Å². The van der Waals surface area contributed by atoms with E-state index in [4.69, 9.17) is 14.5 Å². The van der Waals surface area contributed by atoms with Crippen molar-refractivity contribution >= 4 is 21.6 Å². The van der Waals surface area contributed by atoms with Gasteiger partial charge in [0.25, 0.3) is 5.56 Å². The largest absolute Gasteiger partial charge is 0.497 e. The molecule has 0 saturated heterocycles. The SMILES string of the molecule is COc1ccc(CCn2cnc3sc4c(c3c2=O)[C@@]2(C)CC[C@H]3c5ccc(OC)cc5CC[C@@H]3[C@@H]2C4)cc1. The molecule has 0 radical (unpaired) electrons. The van der Waals surface area contributed by atoms with Gasteiger partial charge in [0.2, 0.25) is 0 Å². The quantitative estimate of drug-likeness (QED) is 0.307. The zero-order valence-electron chi connectivity index (χ0n) is 22.3. The van der Waals surface area contributed by atoms with Crippen LogP contribution in [-0.2, 0) is 31.2 Å². The van der Waals surface area contributed by atoms with Gasteiger partial charge in [0.05, 0.1) is 25.9 Å². The molecular formula is C32H34N2O3S. The highest BCUT2D eigenvalue weighted by Crippen LogP contribution is 2.62. The smallest absolute Gasteiger partial charge is 0.262 e. The molecule has 0 spiro atoms. The predicted molar refractivity (Wildman–Crippen MR) is 152 cm³/mol. The number of nitrogens with zero attached hydrogens (tertiary/aromatic N) is 2. The minimum atomic E-state index is 0.0503. The molecule has 0 bridgehead atoms. The third kappa shape index (κ3) is 3.56. The number of aromatic nitrogens is 2. The summed E-state index contributed by atoms with van der Waals surface area (Å²) in [4.78, 5) is 21.0. The van der Waals surface area contributed by atoms with Gasteiger partial charge in [0.15, 0.2) is 0 Å². The zero-order valence-corrected chi connectivity index (χ0v) is 23.1. The van der Waals surface area contributed by atoms with Gasteiger partial charge in [-0.2, -0.15) is 0 Å². The Bertz CT molecular complexity index is 1590. The van der Waals surface area contributed by atoms with Crippen molar-refractivity contribution in [1.29, 1.82) is 0 Å². The number of thiophene rings is 1. The second kappa shape index (κ2) is 8.98. The van der Waals surface area contributed by atoms with Crippen molar-refractivity contribution in [3.05, 3.63) is 86.3 Å². The molecule has 2 aromatic carbocycles. The first-order chi connectivity index (χ1) is 18.5. The molecule has 3 aliphatic rings. The van der Waals surface area contributed by atoms with Crippen LogP contribution in [0.4, 0.5) is 0 Å². The minimum Gasteiger partial charge on any atom is -0.497 e. The maximum Gasteiger partial charge on any atom is 0.262 e. The molecule has 4 atom stereocenters. The first kappa shape index (κ1) is 24.0. The summed E-state index contributed by atoms with van der Waals surface area (Å²) in [6, 6.07) is 14.8. The fourth-order valence-corrected chi connectivity index (χ4v) is 9.24. The van der Waals surface area contributed by atoms with Crippen LogP contribution in [-0.4, -0.2) is 23.8 Å². The molecule has 7 rings (SSSR count). The van der Waals surface area contributed by atoms with Crippen LogP contribution in [0, 0.1) is 11.8 Å². The first-order valence-electron chi connectivity index (χ1n) is 13.8. The molecule has 2 aromatic heterocycles. The monoisotopic (exact) mass is 526 g/mol. The molecule has 4 aromatic rings. The Labute approximate surface area is 227 Å². The number of fused-ring (bicyclic) bond motifs is 9. The number of hydrogen-bond donors (Lipinski definition) is 0. The molecule has 1 saturated carbocycles. The summed E-state index contributed by atoms with van der Waals surface area (Å²) < 4.78 is 12.6. The number of ether oxygens (including phenoxy) is 2. The summed E-state index contributed by atoms with van der Waals surface area (Å²) in [5.74, 6) is 3.68. The average Bonchev–Trinajstić information content (AvgIpc) is 3.47. The van der Waals surface area contributed by atoms with E-state index in [1.807, 2.05) is 16.7 Å². The summed E-state index contributed by atoms with van der Waals surface area (Å²) in [6.07, 6.45) is 8.28. The highest BCUT2D eigenvalue weighted by atomic mass is 32.1. The van der Waals surface area contributed by atoms with Gasteiger partial charge in [0.1, 0.15) is 16.3 Å². The highest BCUT2D eigenvalue weighted by molar-refractivity contribution is 7.18. The van der Waals surface area contributed by atoms with E-state index < -0.39 is 0 Å². The molecule has 0 N–H and O–H groups in total. The van der Waals surface area contributed by atoms with Gasteiger partial charge < -0.3 is 9.47 Å². The predicted octanol–water partition coefficient (Wildman–Crippen LogP) is 6.29. The van der Waals surface area contributed by atoms with E-state index in [0.717, 1.165) is 47.4 Å². The molecule has 0 unspecified atom stereocenters. The summed E-state index contributed by atoms with van der Waals surface area (Å²) >= 11 is 1.77. The Morgan fingerprint density at radius 3 is 2.66 bits per heavy atom. The van der Waals surface area contributed by atoms with E-state index >= 15 is 0 Å². The van der Waals surface area contributed by atoms with Gasteiger partial charge in [-0.1, -0.05) is 25.1 Å². The summed E-state index contributed by atoms with van der Waals surface area (Å²) in [6.45, 7) is 3.08.